The second-order valence-corrected chi connectivity index (χ2v) is 8.39. The van der Waals surface area contributed by atoms with Crippen LogP contribution in [0, 0.1) is 0 Å². The van der Waals surface area contributed by atoms with Crippen LogP contribution in [0.3, 0.4) is 0 Å². The van der Waals surface area contributed by atoms with E-state index in [4.69, 9.17) is 4.74 Å². The summed E-state index contributed by atoms with van der Waals surface area (Å²) in [6.07, 6.45) is -0.935. The Morgan fingerprint density at radius 2 is 1.45 bits per heavy atom. The van der Waals surface area contributed by atoms with Gasteiger partial charge in [0.2, 0.25) is 0 Å². The number of methoxy groups -OCH3 is 1. The van der Waals surface area contributed by atoms with Crippen LogP contribution in [0.1, 0.15) is 22.5 Å². The van der Waals surface area contributed by atoms with Gasteiger partial charge >= 0.3 is 0 Å². The number of aliphatic hydroxyl groups excluding tert-OH is 1. The van der Waals surface area contributed by atoms with E-state index in [1.54, 1.807) is 7.11 Å². The second kappa shape index (κ2) is 8.60. The molecule has 0 fully saturated rings. The van der Waals surface area contributed by atoms with Crippen LogP contribution in [-0.2, 0) is 10.8 Å². The molecule has 3 atom stereocenters. The lowest BCUT2D eigenvalue weighted by Crippen LogP contribution is -2.17. The first kappa shape index (κ1) is 19.4. The van der Waals surface area contributed by atoms with E-state index >= 15 is 0 Å². The Morgan fingerprint density at radius 1 is 0.793 bits per heavy atom. The normalized spacial score (nSPS) is 14.3. The third-order valence-corrected chi connectivity index (χ3v) is 6.81. The van der Waals surface area contributed by atoms with Crippen molar-refractivity contribution in [3.63, 3.8) is 0 Å². The van der Waals surface area contributed by atoms with Crippen LogP contribution in [0.5, 0.6) is 5.75 Å². The van der Waals surface area contributed by atoms with E-state index in [1.807, 2.05) is 97.1 Å². The first-order valence-electron chi connectivity index (χ1n) is 9.44. The standard InChI is InChI=1S/C25H22O3S/c1-28-20-16-14-19(15-17-20)25(29(27)21-10-3-2-4-11-21)24(26)23-13-7-9-18-8-5-6-12-22(18)23/h2-17,24-26H,1H3. The van der Waals surface area contributed by atoms with E-state index in [0.717, 1.165) is 27.6 Å². The molecule has 4 heteroatoms. The summed E-state index contributed by atoms with van der Waals surface area (Å²) in [6, 6.07) is 30.5. The molecule has 146 valence electrons. The smallest absolute Gasteiger partial charge is 0.118 e. The van der Waals surface area contributed by atoms with Crippen molar-refractivity contribution in [1.29, 1.82) is 0 Å². The fourth-order valence-corrected chi connectivity index (χ4v) is 5.09. The first-order valence-corrected chi connectivity index (χ1v) is 10.7. The number of hydrogen-bond acceptors (Lipinski definition) is 3. The number of aliphatic hydroxyl groups is 1. The molecule has 3 nitrogen and oxygen atoms in total. The molecule has 0 aliphatic carbocycles. The minimum atomic E-state index is -1.45. The van der Waals surface area contributed by atoms with E-state index < -0.39 is 22.2 Å². The van der Waals surface area contributed by atoms with Crippen molar-refractivity contribution in [1.82, 2.24) is 0 Å². The minimum Gasteiger partial charge on any atom is -0.497 e. The predicted octanol–water partition coefficient (Wildman–Crippen LogP) is 5.43. The van der Waals surface area contributed by atoms with Gasteiger partial charge in [0.1, 0.15) is 5.75 Å². The van der Waals surface area contributed by atoms with Crippen molar-refractivity contribution in [3.8, 4) is 5.75 Å². The van der Waals surface area contributed by atoms with E-state index in [-0.39, 0.29) is 0 Å². The van der Waals surface area contributed by atoms with Gasteiger partial charge in [-0.25, -0.2) is 0 Å². The van der Waals surface area contributed by atoms with Gasteiger partial charge in [-0.1, -0.05) is 72.8 Å². The molecule has 29 heavy (non-hydrogen) atoms. The molecule has 4 rings (SSSR count). The number of benzene rings is 4. The van der Waals surface area contributed by atoms with Gasteiger partial charge in [-0.05, 0) is 46.2 Å². The highest BCUT2D eigenvalue weighted by atomic mass is 32.2. The molecule has 1 N–H and O–H groups in total. The molecule has 0 spiro atoms. The van der Waals surface area contributed by atoms with Crippen molar-refractivity contribution < 1.29 is 14.1 Å². The monoisotopic (exact) mass is 402 g/mol. The van der Waals surface area contributed by atoms with Gasteiger partial charge in [0.25, 0.3) is 0 Å². The van der Waals surface area contributed by atoms with Gasteiger partial charge in [0, 0.05) is 4.90 Å². The van der Waals surface area contributed by atoms with E-state index in [9.17, 15) is 9.32 Å². The van der Waals surface area contributed by atoms with E-state index in [0.29, 0.717) is 4.90 Å². The van der Waals surface area contributed by atoms with Crippen molar-refractivity contribution in [2.45, 2.75) is 16.2 Å². The first-order chi connectivity index (χ1) is 14.2. The van der Waals surface area contributed by atoms with E-state index in [2.05, 4.69) is 0 Å². The lowest BCUT2D eigenvalue weighted by Gasteiger charge is -2.24. The van der Waals surface area contributed by atoms with Gasteiger partial charge in [0.05, 0.1) is 29.3 Å². The van der Waals surface area contributed by atoms with Gasteiger partial charge < -0.3 is 9.84 Å². The maximum atomic E-state index is 13.6. The summed E-state index contributed by atoms with van der Waals surface area (Å²) >= 11 is 0. The molecule has 4 aromatic carbocycles. The molecule has 0 aliphatic heterocycles. The van der Waals surface area contributed by atoms with Crippen molar-refractivity contribution in [2.75, 3.05) is 7.11 Å². The molecule has 4 aromatic rings. The molecular formula is C25H22O3S. The molecule has 0 aromatic heterocycles. The summed E-state index contributed by atoms with van der Waals surface area (Å²) in [5.74, 6) is 0.720. The third-order valence-electron chi connectivity index (χ3n) is 5.08. The minimum absolute atomic E-state index is 0.617. The van der Waals surface area contributed by atoms with E-state index in [1.165, 1.54) is 0 Å². The van der Waals surface area contributed by atoms with Crippen LogP contribution >= 0.6 is 0 Å². The highest BCUT2D eigenvalue weighted by molar-refractivity contribution is 7.85. The Bertz CT molecular complexity index is 1120. The van der Waals surface area contributed by atoms with Gasteiger partial charge in [-0.3, -0.25) is 4.21 Å². The Balaban J connectivity index is 1.83. The SMILES string of the molecule is COc1ccc(C(C(O)c2cccc3ccccc23)S(=O)c2ccccc2)cc1. The van der Waals surface area contributed by atoms with Crippen LogP contribution in [0.25, 0.3) is 10.8 Å². The molecule has 0 amide bonds. The average Bonchev–Trinajstić information content (AvgIpc) is 2.79. The highest BCUT2D eigenvalue weighted by Crippen LogP contribution is 2.39. The Hall–Kier alpha value is -2.95. The summed E-state index contributed by atoms with van der Waals surface area (Å²) in [4.78, 5) is 0.688. The fourth-order valence-electron chi connectivity index (χ4n) is 3.59. The second-order valence-electron chi connectivity index (χ2n) is 6.82. The molecule has 0 heterocycles. The topological polar surface area (TPSA) is 46.5 Å². The zero-order valence-electron chi connectivity index (χ0n) is 16.1. The lowest BCUT2D eigenvalue weighted by molar-refractivity contribution is 0.174. The number of hydrogen-bond donors (Lipinski definition) is 1. The number of rotatable bonds is 6. The fraction of sp³-hybridized carbons (Fsp3) is 0.120. The molecular weight excluding hydrogens is 380 g/mol. The maximum Gasteiger partial charge on any atom is 0.118 e. The Kier molecular flexibility index (Phi) is 5.74. The molecule has 0 radical (unpaired) electrons. The average molecular weight is 403 g/mol. The Morgan fingerprint density at radius 3 is 2.17 bits per heavy atom. The summed E-state index contributed by atoms with van der Waals surface area (Å²) in [6.45, 7) is 0. The summed E-state index contributed by atoms with van der Waals surface area (Å²) < 4.78 is 18.8. The van der Waals surface area contributed by atoms with Crippen LogP contribution in [0.4, 0.5) is 0 Å². The van der Waals surface area contributed by atoms with Gasteiger partial charge in [-0.2, -0.15) is 0 Å². The predicted molar refractivity (Wildman–Crippen MR) is 117 cm³/mol. The zero-order valence-corrected chi connectivity index (χ0v) is 16.9. The maximum absolute atomic E-state index is 13.6. The zero-order chi connectivity index (χ0) is 20.2. The Labute approximate surface area is 173 Å². The van der Waals surface area contributed by atoms with Crippen LogP contribution in [0.2, 0.25) is 0 Å². The van der Waals surface area contributed by atoms with Crippen LogP contribution < -0.4 is 4.74 Å². The summed E-state index contributed by atoms with van der Waals surface area (Å²) in [5, 5.41) is 12.9. The largest absolute Gasteiger partial charge is 0.497 e. The number of fused-ring (bicyclic) bond motifs is 1. The van der Waals surface area contributed by atoms with Crippen molar-refractivity contribution >= 4 is 21.6 Å². The van der Waals surface area contributed by atoms with Crippen LogP contribution in [0.15, 0.2) is 102 Å². The molecule has 0 aliphatic rings. The number of ether oxygens (including phenoxy) is 1. The highest BCUT2D eigenvalue weighted by Gasteiger charge is 2.30. The summed E-state index contributed by atoms with van der Waals surface area (Å²) in [5.41, 5.74) is 1.57. The van der Waals surface area contributed by atoms with Crippen LogP contribution in [-0.4, -0.2) is 16.4 Å². The van der Waals surface area contributed by atoms with Gasteiger partial charge in [0.15, 0.2) is 0 Å². The molecule has 3 unspecified atom stereocenters. The van der Waals surface area contributed by atoms with Crippen molar-refractivity contribution in [2.24, 2.45) is 0 Å². The lowest BCUT2D eigenvalue weighted by atomic mass is 9.95. The summed E-state index contributed by atoms with van der Waals surface area (Å²) in [7, 11) is 0.166. The van der Waals surface area contributed by atoms with Crippen molar-refractivity contribution in [3.05, 3.63) is 108 Å². The molecule has 0 bridgehead atoms. The van der Waals surface area contributed by atoms with Gasteiger partial charge in [-0.15, -0.1) is 0 Å². The molecule has 0 saturated carbocycles. The molecule has 0 saturated heterocycles. The third kappa shape index (κ3) is 3.95. The quantitative estimate of drug-likeness (QED) is 0.468.